The third kappa shape index (κ3) is 5.97. The highest BCUT2D eigenvalue weighted by Crippen LogP contribution is 2.24. The Morgan fingerprint density at radius 2 is 2.12 bits per heavy atom. The molecule has 0 aromatic carbocycles. The molecule has 146 valence electrons. The Hall–Kier alpha value is -1.10. The summed E-state index contributed by atoms with van der Waals surface area (Å²) >= 11 is 0. The minimum Gasteiger partial charge on any atom is -0.474 e. The van der Waals surface area contributed by atoms with Gasteiger partial charge in [0.25, 0.3) is 0 Å². The summed E-state index contributed by atoms with van der Waals surface area (Å²) in [6.07, 6.45) is 7.22. The van der Waals surface area contributed by atoms with Gasteiger partial charge >= 0.3 is 0 Å². The summed E-state index contributed by atoms with van der Waals surface area (Å²) in [4.78, 5) is 8.55. The highest BCUT2D eigenvalue weighted by Gasteiger charge is 2.28. The van der Waals surface area contributed by atoms with Gasteiger partial charge in [0.2, 0.25) is 5.88 Å². The van der Waals surface area contributed by atoms with Crippen LogP contribution in [-0.4, -0.2) is 50.1 Å². The number of nitrogens with one attached hydrogen (secondary N) is 2. The van der Waals surface area contributed by atoms with Crippen molar-refractivity contribution >= 4 is 39.8 Å². The molecule has 9 heteroatoms. The van der Waals surface area contributed by atoms with Gasteiger partial charge in [0.05, 0.1) is 11.5 Å². The van der Waals surface area contributed by atoms with Crippen LogP contribution >= 0.6 is 24.0 Å². The first-order chi connectivity index (χ1) is 12.1. The molecule has 1 aromatic rings. The van der Waals surface area contributed by atoms with Gasteiger partial charge in [-0.05, 0) is 38.2 Å². The van der Waals surface area contributed by atoms with E-state index in [1.165, 1.54) is 12.8 Å². The summed E-state index contributed by atoms with van der Waals surface area (Å²) < 4.78 is 29.2. The van der Waals surface area contributed by atoms with Crippen LogP contribution in [0, 0.1) is 0 Å². The number of hydrogen-bond acceptors (Lipinski definition) is 5. The first-order valence-corrected chi connectivity index (χ1v) is 10.7. The third-order valence-electron chi connectivity index (χ3n) is 4.67. The molecule has 3 rings (SSSR count). The Morgan fingerprint density at radius 1 is 1.35 bits per heavy atom. The SMILES string of the molecule is CN=C(NCc1cccnc1OC1CCCC1)NC1CCS(=O)(=O)C1.I. The Morgan fingerprint density at radius 3 is 2.77 bits per heavy atom. The summed E-state index contributed by atoms with van der Waals surface area (Å²) in [5.74, 6) is 1.67. The summed E-state index contributed by atoms with van der Waals surface area (Å²) in [6, 6.07) is 3.79. The fourth-order valence-corrected chi connectivity index (χ4v) is 4.98. The first kappa shape index (κ1) is 21.2. The number of guanidine groups is 1. The Labute approximate surface area is 172 Å². The van der Waals surface area contributed by atoms with Gasteiger partial charge in [-0.3, -0.25) is 4.99 Å². The molecule has 2 aliphatic rings. The summed E-state index contributed by atoms with van der Waals surface area (Å²) in [7, 11) is -1.23. The minimum atomic E-state index is -2.91. The molecular weight excluding hydrogens is 467 g/mol. The van der Waals surface area contributed by atoms with Crippen molar-refractivity contribution < 1.29 is 13.2 Å². The van der Waals surface area contributed by atoms with Gasteiger partial charge in [-0.15, -0.1) is 24.0 Å². The predicted octanol–water partition coefficient (Wildman–Crippen LogP) is 1.87. The van der Waals surface area contributed by atoms with Gasteiger partial charge in [-0.25, -0.2) is 13.4 Å². The normalized spacial score (nSPS) is 22.7. The molecule has 1 atom stereocenters. The monoisotopic (exact) mass is 494 g/mol. The lowest BCUT2D eigenvalue weighted by atomic mass is 10.2. The number of halogens is 1. The zero-order valence-corrected chi connectivity index (χ0v) is 18.1. The van der Waals surface area contributed by atoms with Crippen LogP contribution in [0.5, 0.6) is 5.88 Å². The Bertz CT molecular complexity index is 720. The number of hydrogen-bond donors (Lipinski definition) is 2. The van der Waals surface area contributed by atoms with Crippen molar-refractivity contribution in [2.24, 2.45) is 4.99 Å². The molecule has 0 amide bonds. The minimum absolute atomic E-state index is 0. The Kier molecular flexibility index (Phi) is 7.93. The second kappa shape index (κ2) is 9.72. The van der Waals surface area contributed by atoms with Crippen LogP contribution < -0.4 is 15.4 Å². The highest BCUT2D eigenvalue weighted by molar-refractivity contribution is 14.0. The lowest BCUT2D eigenvalue weighted by Gasteiger charge is -2.18. The smallest absolute Gasteiger partial charge is 0.218 e. The van der Waals surface area contributed by atoms with Gasteiger partial charge in [-0.2, -0.15) is 0 Å². The van der Waals surface area contributed by atoms with E-state index in [0.29, 0.717) is 24.8 Å². The number of aromatic nitrogens is 1. The van der Waals surface area contributed by atoms with E-state index >= 15 is 0 Å². The average molecular weight is 494 g/mol. The molecule has 1 aliphatic heterocycles. The summed E-state index contributed by atoms with van der Waals surface area (Å²) in [5.41, 5.74) is 0.969. The van der Waals surface area contributed by atoms with E-state index in [1.807, 2.05) is 12.1 Å². The number of sulfone groups is 1. The van der Waals surface area contributed by atoms with Crippen molar-refractivity contribution in [1.82, 2.24) is 15.6 Å². The molecule has 26 heavy (non-hydrogen) atoms. The largest absolute Gasteiger partial charge is 0.474 e. The molecule has 7 nitrogen and oxygen atoms in total. The molecule has 1 saturated carbocycles. The molecule has 0 bridgehead atoms. The maximum atomic E-state index is 11.6. The van der Waals surface area contributed by atoms with Crippen LogP contribution in [0.25, 0.3) is 0 Å². The quantitative estimate of drug-likeness (QED) is 0.369. The van der Waals surface area contributed by atoms with E-state index in [4.69, 9.17) is 4.74 Å². The summed E-state index contributed by atoms with van der Waals surface area (Å²) in [5, 5.41) is 6.41. The van der Waals surface area contributed by atoms with Crippen molar-refractivity contribution in [3.8, 4) is 5.88 Å². The molecule has 1 saturated heterocycles. The van der Waals surface area contributed by atoms with E-state index in [-0.39, 0.29) is 47.6 Å². The highest BCUT2D eigenvalue weighted by atomic mass is 127. The van der Waals surface area contributed by atoms with Crippen LogP contribution in [0.3, 0.4) is 0 Å². The molecule has 2 heterocycles. The van der Waals surface area contributed by atoms with E-state index in [9.17, 15) is 8.42 Å². The van der Waals surface area contributed by atoms with Crippen LogP contribution in [0.4, 0.5) is 0 Å². The topological polar surface area (TPSA) is 92.7 Å². The van der Waals surface area contributed by atoms with Crippen molar-refractivity contribution in [1.29, 1.82) is 0 Å². The van der Waals surface area contributed by atoms with Crippen molar-refractivity contribution in [2.75, 3.05) is 18.6 Å². The molecule has 0 radical (unpaired) electrons. The molecule has 1 unspecified atom stereocenters. The van der Waals surface area contributed by atoms with Gasteiger partial charge in [0.1, 0.15) is 6.10 Å². The third-order valence-corrected chi connectivity index (χ3v) is 6.44. The van der Waals surface area contributed by atoms with Crippen LogP contribution in [0.1, 0.15) is 37.7 Å². The second-order valence-corrected chi connectivity index (χ2v) is 8.89. The Balaban J connectivity index is 0.00000243. The summed E-state index contributed by atoms with van der Waals surface area (Å²) in [6.45, 7) is 0.523. The van der Waals surface area contributed by atoms with Crippen LogP contribution in [0.2, 0.25) is 0 Å². The van der Waals surface area contributed by atoms with Crippen molar-refractivity contribution in [3.05, 3.63) is 23.9 Å². The van der Waals surface area contributed by atoms with Crippen LogP contribution in [-0.2, 0) is 16.4 Å². The second-order valence-electron chi connectivity index (χ2n) is 6.66. The van der Waals surface area contributed by atoms with E-state index in [1.54, 1.807) is 13.2 Å². The fraction of sp³-hybridized carbons (Fsp3) is 0.647. The first-order valence-electron chi connectivity index (χ1n) is 8.84. The number of pyridine rings is 1. The zero-order valence-electron chi connectivity index (χ0n) is 15.0. The van der Waals surface area contributed by atoms with Gasteiger partial charge in [0.15, 0.2) is 15.8 Å². The average Bonchev–Trinajstić information content (AvgIpc) is 3.22. The molecule has 2 N–H and O–H groups in total. The maximum absolute atomic E-state index is 11.6. The number of rotatable bonds is 5. The molecule has 1 aliphatic carbocycles. The predicted molar refractivity (Wildman–Crippen MR) is 113 cm³/mol. The van der Waals surface area contributed by atoms with Crippen molar-refractivity contribution in [2.45, 2.75) is 50.8 Å². The van der Waals surface area contributed by atoms with E-state index in [0.717, 1.165) is 18.4 Å². The van der Waals surface area contributed by atoms with E-state index < -0.39 is 9.84 Å². The molecule has 2 fully saturated rings. The standard InChI is InChI=1S/C17H26N4O3S.HI/c1-18-17(21-14-8-10-25(22,23)12-14)20-11-13-5-4-9-19-16(13)24-15-6-2-3-7-15;/h4-5,9,14-15H,2-3,6-8,10-12H2,1H3,(H2,18,20,21);1H. The maximum Gasteiger partial charge on any atom is 0.218 e. The fourth-order valence-electron chi connectivity index (χ4n) is 3.30. The zero-order chi connectivity index (χ0) is 17.7. The number of nitrogens with zero attached hydrogens (tertiary/aromatic N) is 2. The van der Waals surface area contributed by atoms with Gasteiger partial charge in [-0.1, -0.05) is 6.07 Å². The molecule has 1 aromatic heterocycles. The number of ether oxygens (including phenoxy) is 1. The van der Waals surface area contributed by atoms with E-state index in [2.05, 4.69) is 20.6 Å². The van der Waals surface area contributed by atoms with Crippen LogP contribution in [0.15, 0.2) is 23.3 Å². The van der Waals surface area contributed by atoms with Crippen molar-refractivity contribution in [3.63, 3.8) is 0 Å². The lowest BCUT2D eigenvalue weighted by molar-refractivity contribution is 0.199. The van der Waals surface area contributed by atoms with Gasteiger partial charge < -0.3 is 15.4 Å². The lowest BCUT2D eigenvalue weighted by Crippen LogP contribution is -2.43. The number of aliphatic imine (C=N–C) groups is 1. The molecule has 0 spiro atoms. The van der Waals surface area contributed by atoms with Gasteiger partial charge in [0, 0.05) is 31.4 Å². The molecular formula is C17H27IN4O3S.